The lowest BCUT2D eigenvalue weighted by Gasteiger charge is -2.18. The van der Waals surface area contributed by atoms with Crippen LogP contribution >= 0.6 is 0 Å². The van der Waals surface area contributed by atoms with Crippen molar-refractivity contribution in [2.75, 3.05) is 5.32 Å². The fourth-order valence-electron chi connectivity index (χ4n) is 3.25. The topological polar surface area (TPSA) is 62.0 Å². The number of carbonyl (C=O) groups is 2. The Bertz CT molecular complexity index is 802. The molecule has 0 spiro atoms. The molecular formula is C19H22N2O2. The number of ketones is 1. The molecule has 1 heterocycles. The maximum atomic E-state index is 12.6. The van der Waals surface area contributed by atoms with Crippen LogP contribution in [-0.2, 0) is 6.42 Å². The number of rotatable bonds is 2. The van der Waals surface area contributed by atoms with Gasteiger partial charge in [-0.05, 0) is 55.9 Å². The number of H-pyrrole nitrogens is 1. The summed E-state index contributed by atoms with van der Waals surface area (Å²) in [6.07, 6.45) is 2.98. The van der Waals surface area contributed by atoms with E-state index in [0.717, 1.165) is 28.9 Å². The van der Waals surface area contributed by atoms with Gasteiger partial charge < -0.3 is 10.3 Å². The van der Waals surface area contributed by atoms with Crippen LogP contribution in [0.3, 0.4) is 0 Å². The van der Waals surface area contributed by atoms with E-state index in [0.29, 0.717) is 23.5 Å². The number of Topliss-reactive ketones (excluding diaryl/α,β-unsaturated/α-hetero) is 1. The second-order valence-electron chi connectivity index (χ2n) is 6.70. The lowest BCUT2D eigenvalue weighted by Crippen LogP contribution is -2.21. The minimum atomic E-state index is -0.225. The number of anilines is 1. The van der Waals surface area contributed by atoms with Gasteiger partial charge in [0.2, 0.25) is 0 Å². The second kappa shape index (κ2) is 5.69. The first-order valence-electron chi connectivity index (χ1n) is 7.99. The average molecular weight is 310 g/mol. The Morgan fingerprint density at radius 3 is 2.57 bits per heavy atom. The van der Waals surface area contributed by atoms with Crippen molar-refractivity contribution in [3.8, 4) is 0 Å². The number of benzene rings is 1. The van der Waals surface area contributed by atoms with Crippen molar-refractivity contribution in [1.82, 2.24) is 4.98 Å². The summed E-state index contributed by atoms with van der Waals surface area (Å²) in [6.45, 7) is 8.10. The highest BCUT2D eigenvalue weighted by atomic mass is 16.2. The molecule has 0 fully saturated rings. The Morgan fingerprint density at radius 1 is 1.13 bits per heavy atom. The van der Waals surface area contributed by atoms with Crippen LogP contribution in [0.25, 0.3) is 0 Å². The molecule has 1 aliphatic rings. The molecular weight excluding hydrogens is 288 g/mol. The van der Waals surface area contributed by atoms with Crippen molar-refractivity contribution >= 4 is 17.4 Å². The number of hydrogen-bond donors (Lipinski definition) is 2. The third-order valence-corrected chi connectivity index (χ3v) is 4.66. The molecule has 1 atom stereocenters. The molecule has 4 heteroatoms. The van der Waals surface area contributed by atoms with E-state index in [4.69, 9.17) is 0 Å². The van der Waals surface area contributed by atoms with Crippen molar-refractivity contribution in [3.05, 3.63) is 51.8 Å². The summed E-state index contributed by atoms with van der Waals surface area (Å²) in [5.74, 6) is 0.158. The Labute approximate surface area is 136 Å². The second-order valence-corrected chi connectivity index (χ2v) is 6.70. The van der Waals surface area contributed by atoms with E-state index in [2.05, 4.69) is 30.2 Å². The largest absolute Gasteiger partial charge is 0.364 e. The van der Waals surface area contributed by atoms with Crippen LogP contribution in [0.15, 0.2) is 18.3 Å². The first kappa shape index (κ1) is 15.5. The summed E-state index contributed by atoms with van der Waals surface area (Å²) >= 11 is 0. The van der Waals surface area contributed by atoms with E-state index in [-0.39, 0.29) is 11.7 Å². The molecule has 1 unspecified atom stereocenters. The van der Waals surface area contributed by atoms with Gasteiger partial charge >= 0.3 is 0 Å². The molecule has 4 nitrogen and oxygen atoms in total. The average Bonchev–Trinajstić information content (AvgIpc) is 2.88. The highest BCUT2D eigenvalue weighted by molar-refractivity contribution is 6.13. The fraction of sp³-hybridized carbons (Fsp3) is 0.368. The standard InChI is InChI=1S/C19H22N2O2/c1-10-5-16-18(17(22)6-10)14(9-20-16)19(23)21-15-8-12(3)11(2)7-13(15)4/h7-10,20H,5-6H2,1-4H3,(H,21,23). The number of carbonyl (C=O) groups excluding carboxylic acids is 2. The molecule has 120 valence electrons. The number of fused-ring (bicyclic) bond motifs is 1. The van der Waals surface area contributed by atoms with Crippen LogP contribution in [0.4, 0.5) is 5.69 Å². The van der Waals surface area contributed by atoms with E-state index < -0.39 is 0 Å². The first-order valence-corrected chi connectivity index (χ1v) is 7.99. The smallest absolute Gasteiger partial charge is 0.257 e. The maximum Gasteiger partial charge on any atom is 0.257 e. The van der Waals surface area contributed by atoms with Crippen molar-refractivity contribution in [2.45, 2.75) is 40.5 Å². The Kier molecular flexibility index (Phi) is 3.84. The monoisotopic (exact) mass is 310 g/mol. The Morgan fingerprint density at radius 2 is 1.83 bits per heavy atom. The summed E-state index contributed by atoms with van der Waals surface area (Å²) in [4.78, 5) is 28.0. The van der Waals surface area contributed by atoms with E-state index in [1.807, 2.05) is 19.9 Å². The van der Waals surface area contributed by atoms with Gasteiger partial charge in [0.1, 0.15) is 0 Å². The molecule has 0 aliphatic heterocycles. The normalized spacial score (nSPS) is 17.0. The molecule has 1 aromatic heterocycles. The molecule has 1 aromatic carbocycles. The number of hydrogen-bond acceptors (Lipinski definition) is 2. The van der Waals surface area contributed by atoms with Crippen LogP contribution in [0.5, 0.6) is 0 Å². The van der Waals surface area contributed by atoms with Gasteiger partial charge in [0.25, 0.3) is 5.91 Å². The third-order valence-electron chi connectivity index (χ3n) is 4.66. The SMILES string of the molecule is Cc1cc(C)c(NC(=O)c2c[nH]c3c2C(=O)CC(C)C3)cc1C. The molecule has 3 rings (SSSR count). The minimum Gasteiger partial charge on any atom is -0.364 e. The van der Waals surface area contributed by atoms with E-state index in [1.165, 1.54) is 5.56 Å². The predicted molar refractivity (Wildman–Crippen MR) is 91.2 cm³/mol. The zero-order valence-electron chi connectivity index (χ0n) is 14.0. The number of amides is 1. The molecule has 23 heavy (non-hydrogen) atoms. The number of aromatic amines is 1. The van der Waals surface area contributed by atoms with Crippen LogP contribution in [0, 0.1) is 26.7 Å². The van der Waals surface area contributed by atoms with Crippen molar-refractivity contribution in [2.24, 2.45) is 5.92 Å². The van der Waals surface area contributed by atoms with Crippen molar-refractivity contribution in [3.63, 3.8) is 0 Å². The third kappa shape index (κ3) is 2.81. The lowest BCUT2D eigenvalue weighted by molar-refractivity contribution is 0.0940. The maximum absolute atomic E-state index is 12.6. The molecule has 1 aliphatic carbocycles. The lowest BCUT2D eigenvalue weighted by atomic mass is 9.86. The quantitative estimate of drug-likeness (QED) is 0.882. The van der Waals surface area contributed by atoms with Crippen LogP contribution in [0.2, 0.25) is 0 Å². The fourth-order valence-corrected chi connectivity index (χ4v) is 3.25. The molecule has 0 bridgehead atoms. The summed E-state index contributed by atoms with van der Waals surface area (Å²) in [6, 6.07) is 4.04. The highest BCUT2D eigenvalue weighted by Crippen LogP contribution is 2.28. The predicted octanol–water partition coefficient (Wildman–Crippen LogP) is 3.96. The molecule has 0 saturated carbocycles. The minimum absolute atomic E-state index is 0.0574. The summed E-state index contributed by atoms with van der Waals surface area (Å²) in [5, 5.41) is 2.95. The van der Waals surface area contributed by atoms with Crippen molar-refractivity contribution < 1.29 is 9.59 Å². The van der Waals surface area contributed by atoms with Gasteiger partial charge in [0.15, 0.2) is 5.78 Å². The van der Waals surface area contributed by atoms with Gasteiger partial charge in [-0.1, -0.05) is 13.0 Å². The van der Waals surface area contributed by atoms with Crippen LogP contribution < -0.4 is 5.32 Å². The van der Waals surface area contributed by atoms with Gasteiger partial charge in [0.05, 0.1) is 11.1 Å². The van der Waals surface area contributed by atoms with Gasteiger partial charge in [0, 0.05) is 24.0 Å². The van der Waals surface area contributed by atoms with E-state index in [1.54, 1.807) is 6.20 Å². The highest BCUT2D eigenvalue weighted by Gasteiger charge is 2.29. The zero-order valence-corrected chi connectivity index (χ0v) is 14.0. The Balaban J connectivity index is 1.91. The number of aryl methyl sites for hydroxylation is 3. The van der Waals surface area contributed by atoms with Crippen molar-refractivity contribution in [1.29, 1.82) is 0 Å². The molecule has 0 saturated heterocycles. The van der Waals surface area contributed by atoms with E-state index >= 15 is 0 Å². The first-order chi connectivity index (χ1) is 10.9. The summed E-state index contributed by atoms with van der Waals surface area (Å²) in [7, 11) is 0. The zero-order chi connectivity index (χ0) is 16.7. The molecule has 2 aromatic rings. The Hall–Kier alpha value is -2.36. The van der Waals surface area contributed by atoms with Crippen LogP contribution in [-0.4, -0.2) is 16.7 Å². The number of nitrogens with one attached hydrogen (secondary N) is 2. The van der Waals surface area contributed by atoms with Gasteiger partial charge in [-0.2, -0.15) is 0 Å². The summed E-state index contributed by atoms with van der Waals surface area (Å²) < 4.78 is 0. The number of aromatic nitrogens is 1. The molecule has 1 amide bonds. The van der Waals surface area contributed by atoms with E-state index in [9.17, 15) is 9.59 Å². The summed E-state index contributed by atoms with van der Waals surface area (Å²) in [5.41, 5.74) is 6.05. The molecule has 0 radical (unpaired) electrons. The van der Waals surface area contributed by atoms with Crippen LogP contribution in [0.1, 0.15) is 56.4 Å². The van der Waals surface area contributed by atoms with Gasteiger partial charge in [-0.25, -0.2) is 0 Å². The van der Waals surface area contributed by atoms with Gasteiger partial charge in [-0.3, -0.25) is 9.59 Å². The van der Waals surface area contributed by atoms with Gasteiger partial charge in [-0.15, -0.1) is 0 Å². The molecule has 2 N–H and O–H groups in total.